The second kappa shape index (κ2) is 6.13. The van der Waals surface area contributed by atoms with Gasteiger partial charge in [-0.3, -0.25) is 0 Å². The minimum Gasteiger partial charge on any atom is -0.489 e. The summed E-state index contributed by atoms with van der Waals surface area (Å²) in [5.74, 6) is -1.34. The van der Waals surface area contributed by atoms with E-state index in [1.807, 2.05) is 12.1 Å². The monoisotopic (exact) mass is 295 g/mol. The molecule has 21 heavy (non-hydrogen) atoms. The maximum Gasteiger partial charge on any atom is 0.338 e. The lowest BCUT2D eigenvalue weighted by Gasteiger charge is -2.25. The second-order valence-corrected chi connectivity index (χ2v) is 5.95. The third kappa shape index (κ3) is 5.07. The van der Waals surface area contributed by atoms with Crippen molar-refractivity contribution in [3.63, 3.8) is 0 Å². The SMILES string of the molecule is CC(C)(C)OC(=O)C(C)(N)C(=O)O.c1cc2cc(c1)OC2. The quantitative estimate of drug-likeness (QED) is 0.636. The molecule has 1 heterocycles. The number of carboxylic acids is 1. The van der Waals surface area contributed by atoms with Gasteiger partial charge in [-0.05, 0) is 45.4 Å². The highest BCUT2D eigenvalue weighted by Gasteiger charge is 2.40. The van der Waals surface area contributed by atoms with Crippen LogP contribution in [-0.4, -0.2) is 28.2 Å². The Hall–Kier alpha value is -2.08. The molecular weight excluding hydrogens is 274 g/mol. The van der Waals surface area contributed by atoms with E-state index in [0.29, 0.717) is 0 Å². The highest BCUT2D eigenvalue weighted by molar-refractivity contribution is 6.03. The molecule has 1 aromatic carbocycles. The van der Waals surface area contributed by atoms with Crippen LogP contribution in [0.3, 0.4) is 0 Å². The van der Waals surface area contributed by atoms with Gasteiger partial charge in [-0.2, -0.15) is 0 Å². The number of nitrogens with two attached hydrogens (primary N) is 1. The fourth-order valence-electron chi connectivity index (χ4n) is 1.36. The maximum atomic E-state index is 11.2. The number of fused-ring (bicyclic) bond motifs is 2. The third-order valence-electron chi connectivity index (χ3n) is 2.57. The predicted molar refractivity (Wildman–Crippen MR) is 76.8 cm³/mol. The number of carboxylic acid groups (broad SMARTS) is 1. The molecule has 6 nitrogen and oxygen atoms in total. The molecule has 0 aliphatic carbocycles. The average Bonchev–Trinajstić information content (AvgIpc) is 2.66. The fourth-order valence-corrected chi connectivity index (χ4v) is 1.36. The first-order valence-corrected chi connectivity index (χ1v) is 6.50. The van der Waals surface area contributed by atoms with Gasteiger partial charge in [0.15, 0.2) is 0 Å². The summed E-state index contributed by atoms with van der Waals surface area (Å²) in [7, 11) is 0. The Labute approximate surface area is 123 Å². The lowest BCUT2D eigenvalue weighted by Crippen LogP contribution is -2.54. The number of hydrogen-bond donors (Lipinski definition) is 2. The predicted octanol–water partition coefficient (Wildman–Crippen LogP) is 1.71. The topological polar surface area (TPSA) is 98.9 Å². The van der Waals surface area contributed by atoms with E-state index in [0.717, 1.165) is 19.3 Å². The summed E-state index contributed by atoms with van der Waals surface area (Å²) >= 11 is 0. The molecule has 1 aliphatic heterocycles. The summed E-state index contributed by atoms with van der Waals surface area (Å²) < 4.78 is 10.0. The van der Waals surface area contributed by atoms with E-state index < -0.39 is 23.1 Å². The highest BCUT2D eigenvalue weighted by atomic mass is 16.6. The van der Waals surface area contributed by atoms with E-state index in [1.54, 1.807) is 20.8 Å². The molecule has 116 valence electrons. The molecule has 1 aromatic rings. The smallest absolute Gasteiger partial charge is 0.338 e. The standard InChI is InChI=1S/C8H15NO4.C7H6O/c1-7(2,3)13-6(12)8(4,9)5(10)11;1-2-6-4-7(3-1)8-5-6/h9H2,1-4H3,(H,10,11);1-4H,5H2. The van der Waals surface area contributed by atoms with Crippen LogP contribution in [0.25, 0.3) is 0 Å². The zero-order valence-corrected chi connectivity index (χ0v) is 12.7. The number of aliphatic carboxylic acids is 1. The Kier molecular flexibility index (Phi) is 4.96. The average molecular weight is 295 g/mol. The molecule has 0 spiro atoms. The van der Waals surface area contributed by atoms with Crippen molar-refractivity contribution in [1.82, 2.24) is 0 Å². The lowest BCUT2D eigenvalue weighted by atomic mass is 10.0. The van der Waals surface area contributed by atoms with E-state index in [-0.39, 0.29) is 0 Å². The molecule has 2 rings (SSSR count). The van der Waals surface area contributed by atoms with E-state index in [4.69, 9.17) is 20.3 Å². The first-order chi connectivity index (χ1) is 9.52. The molecule has 1 aliphatic rings. The molecule has 0 radical (unpaired) electrons. The van der Waals surface area contributed by atoms with Crippen molar-refractivity contribution in [1.29, 1.82) is 0 Å². The molecule has 3 N–H and O–H groups in total. The number of ether oxygens (including phenoxy) is 2. The van der Waals surface area contributed by atoms with Gasteiger partial charge in [0.25, 0.3) is 0 Å². The van der Waals surface area contributed by atoms with Crippen LogP contribution in [0.1, 0.15) is 33.3 Å². The highest BCUT2D eigenvalue weighted by Crippen LogP contribution is 2.20. The van der Waals surface area contributed by atoms with E-state index in [1.165, 1.54) is 5.56 Å². The number of carbonyl (C=O) groups is 2. The molecule has 0 fully saturated rings. The zero-order valence-electron chi connectivity index (χ0n) is 12.7. The van der Waals surface area contributed by atoms with Crippen molar-refractivity contribution < 1.29 is 24.2 Å². The Morgan fingerprint density at radius 2 is 1.90 bits per heavy atom. The number of benzene rings is 1. The molecule has 0 saturated heterocycles. The van der Waals surface area contributed by atoms with Crippen LogP contribution in [0, 0.1) is 0 Å². The normalized spacial score (nSPS) is 15.1. The number of hydrogen-bond acceptors (Lipinski definition) is 5. The van der Waals surface area contributed by atoms with Crippen molar-refractivity contribution in [3.05, 3.63) is 29.8 Å². The van der Waals surface area contributed by atoms with Crippen molar-refractivity contribution in [2.24, 2.45) is 5.73 Å². The number of esters is 1. The van der Waals surface area contributed by atoms with Crippen molar-refractivity contribution >= 4 is 11.9 Å². The van der Waals surface area contributed by atoms with Gasteiger partial charge < -0.3 is 20.3 Å². The van der Waals surface area contributed by atoms with Gasteiger partial charge in [0.2, 0.25) is 5.54 Å². The summed E-state index contributed by atoms with van der Waals surface area (Å²) in [6, 6.07) is 8.10. The maximum absolute atomic E-state index is 11.2. The minimum atomic E-state index is -1.98. The van der Waals surface area contributed by atoms with Crippen molar-refractivity contribution in [2.75, 3.05) is 0 Å². The Bertz CT molecular complexity index is 512. The summed E-state index contributed by atoms with van der Waals surface area (Å²) in [6.07, 6.45) is 0. The molecule has 0 saturated carbocycles. The number of carbonyl (C=O) groups excluding carboxylic acids is 1. The van der Waals surface area contributed by atoms with Gasteiger partial charge in [0, 0.05) is 0 Å². The molecule has 0 amide bonds. The lowest BCUT2D eigenvalue weighted by molar-refractivity contribution is -0.168. The van der Waals surface area contributed by atoms with Gasteiger partial charge in [-0.25, -0.2) is 9.59 Å². The van der Waals surface area contributed by atoms with Crippen LogP contribution in [0.5, 0.6) is 5.75 Å². The van der Waals surface area contributed by atoms with Crippen LogP contribution < -0.4 is 10.5 Å². The number of rotatable bonds is 2. The largest absolute Gasteiger partial charge is 0.489 e. The Morgan fingerprint density at radius 1 is 1.29 bits per heavy atom. The van der Waals surface area contributed by atoms with Gasteiger partial charge in [-0.1, -0.05) is 12.1 Å². The van der Waals surface area contributed by atoms with Gasteiger partial charge >= 0.3 is 11.9 Å². The van der Waals surface area contributed by atoms with Crippen LogP contribution >= 0.6 is 0 Å². The minimum absolute atomic E-state index is 0.729. The molecule has 2 bridgehead atoms. The van der Waals surface area contributed by atoms with Crippen molar-refractivity contribution in [2.45, 2.75) is 45.4 Å². The zero-order chi connectivity index (χ0) is 16.3. The molecule has 1 unspecified atom stereocenters. The summed E-state index contributed by atoms with van der Waals surface area (Å²) in [5, 5.41) is 8.58. The Morgan fingerprint density at radius 3 is 2.33 bits per heavy atom. The van der Waals surface area contributed by atoms with E-state index >= 15 is 0 Å². The van der Waals surface area contributed by atoms with E-state index in [2.05, 4.69) is 12.1 Å². The summed E-state index contributed by atoms with van der Waals surface area (Å²) in [4.78, 5) is 21.7. The second-order valence-electron chi connectivity index (χ2n) is 5.95. The third-order valence-corrected chi connectivity index (χ3v) is 2.57. The van der Waals surface area contributed by atoms with Gasteiger partial charge in [0.05, 0.1) is 0 Å². The molecule has 1 atom stereocenters. The first kappa shape index (κ1) is 17.0. The van der Waals surface area contributed by atoms with Crippen LogP contribution in [-0.2, 0) is 20.9 Å². The Balaban J connectivity index is 0.000000230. The van der Waals surface area contributed by atoms with Gasteiger partial charge in [-0.15, -0.1) is 0 Å². The molecular formula is C15H21NO5. The first-order valence-electron chi connectivity index (χ1n) is 6.50. The molecule has 6 heteroatoms. The van der Waals surface area contributed by atoms with Crippen LogP contribution in [0.15, 0.2) is 24.3 Å². The molecule has 0 aromatic heterocycles. The van der Waals surface area contributed by atoms with Gasteiger partial charge in [0.1, 0.15) is 18.0 Å². The summed E-state index contributed by atoms with van der Waals surface area (Å²) in [6.45, 7) is 6.79. The van der Waals surface area contributed by atoms with Crippen molar-refractivity contribution in [3.8, 4) is 5.75 Å². The fraction of sp³-hybridized carbons (Fsp3) is 0.467. The van der Waals surface area contributed by atoms with Crippen LogP contribution in [0.4, 0.5) is 0 Å². The van der Waals surface area contributed by atoms with Crippen LogP contribution in [0.2, 0.25) is 0 Å². The summed E-state index contributed by atoms with van der Waals surface area (Å²) in [5.41, 5.74) is 3.81. The van der Waals surface area contributed by atoms with E-state index in [9.17, 15) is 9.59 Å².